The first kappa shape index (κ1) is 30.2. The molecule has 3 aromatic rings. The minimum atomic E-state index is -1.09. The highest BCUT2D eigenvalue weighted by Crippen LogP contribution is 2.41. The molecule has 0 amide bonds. The maximum absolute atomic E-state index is 13.7. The van der Waals surface area contributed by atoms with Crippen LogP contribution in [-0.2, 0) is 19.1 Å². The van der Waals surface area contributed by atoms with Crippen LogP contribution in [-0.4, -0.2) is 29.7 Å². The summed E-state index contributed by atoms with van der Waals surface area (Å²) in [7, 11) is 0. The van der Waals surface area contributed by atoms with E-state index >= 15 is 0 Å². The normalized spacial score (nSPS) is 15.3. The molecule has 0 radical (unpaired) electrons. The van der Waals surface area contributed by atoms with Gasteiger partial charge in [0.25, 0.3) is 5.56 Å². The van der Waals surface area contributed by atoms with Crippen molar-refractivity contribution in [2.45, 2.75) is 32.6 Å². The highest BCUT2D eigenvalue weighted by Gasteiger charge is 2.40. The van der Waals surface area contributed by atoms with Crippen LogP contribution >= 0.6 is 57.7 Å². The fourth-order valence-corrected chi connectivity index (χ4v) is 6.38. The van der Waals surface area contributed by atoms with Crippen molar-refractivity contribution in [1.82, 2.24) is 4.57 Å². The van der Waals surface area contributed by atoms with Crippen molar-refractivity contribution in [2.24, 2.45) is 5.73 Å². The maximum Gasteiger partial charge on any atom is 0.338 e. The monoisotopic (exact) mass is 640 g/mol. The van der Waals surface area contributed by atoms with E-state index in [0.717, 1.165) is 22.3 Å². The van der Waals surface area contributed by atoms with Crippen LogP contribution < -0.4 is 20.5 Å². The van der Waals surface area contributed by atoms with Gasteiger partial charge in [0.1, 0.15) is 10.5 Å². The number of thiazole rings is 1. The third-order valence-corrected chi connectivity index (χ3v) is 8.35. The molecule has 4 rings (SSSR count). The second kappa shape index (κ2) is 12.8. The van der Waals surface area contributed by atoms with Crippen molar-refractivity contribution in [1.29, 1.82) is 0 Å². The average molecular weight is 642 g/mol. The van der Waals surface area contributed by atoms with Crippen LogP contribution in [0.5, 0.6) is 0 Å². The molecule has 0 saturated heterocycles. The van der Waals surface area contributed by atoms with E-state index in [1.807, 2.05) is 6.92 Å². The molecule has 0 saturated carbocycles. The van der Waals surface area contributed by atoms with Gasteiger partial charge in [0.15, 0.2) is 0 Å². The SMILES string of the molecule is CCCCOC(=O)C1=C(N)n2c(s/c(=C\c3ccc(Cl)cc3Cl)c2=O)=C(C(=O)OCC)[C@@H]1c1ccc(Cl)cc1Cl. The quantitative estimate of drug-likeness (QED) is 0.264. The molecule has 7 nitrogen and oxygen atoms in total. The highest BCUT2D eigenvalue weighted by atomic mass is 35.5. The third kappa shape index (κ3) is 5.97. The molecule has 0 fully saturated rings. The van der Waals surface area contributed by atoms with E-state index < -0.39 is 23.4 Å². The summed E-state index contributed by atoms with van der Waals surface area (Å²) in [4.78, 5) is 40.8. The van der Waals surface area contributed by atoms with Crippen LogP contribution in [0.4, 0.5) is 0 Å². The van der Waals surface area contributed by atoms with Crippen LogP contribution in [0.3, 0.4) is 0 Å². The van der Waals surface area contributed by atoms with Crippen molar-refractivity contribution in [3.05, 3.63) is 92.7 Å². The van der Waals surface area contributed by atoms with Crippen LogP contribution in [0.15, 0.2) is 46.8 Å². The summed E-state index contributed by atoms with van der Waals surface area (Å²) >= 11 is 26.1. The number of hydrogen-bond acceptors (Lipinski definition) is 7. The Morgan fingerprint density at radius 2 is 1.62 bits per heavy atom. The third-order valence-electron chi connectivity index (χ3n) is 6.12. The number of hydrogen-bond donors (Lipinski definition) is 1. The van der Waals surface area contributed by atoms with Gasteiger partial charge < -0.3 is 15.2 Å². The molecule has 1 aliphatic rings. The summed E-state index contributed by atoms with van der Waals surface area (Å²) in [5, 5.41) is 1.31. The number of unbranched alkanes of at least 4 members (excludes halogenated alkanes) is 1. The number of halogens is 4. The number of ether oxygens (including phenoxy) is 2. The Morgan fingerprint density at radius 3 is 2.25 bits per heavy atom. The second-order valence-corrected chi connectivity index (χ2v) is 11.5. The Labute approximate surface area is 254 Å². The molecule has 0 aliphatic carbocycles. The number of carbonyl (C=O) groups is 2. The van der Waals surface area contributed by atoms with Crippen LogP contribution in [0.1, 0.15) is 43.7 Å². The van der Waals surface area contributed by atoms with E-state index in [1.54, 1.807) is 43.3 Å². The first-order valence-electron chi connectivity index (χ1n) is 12.3. The Hall–Kier alpha value is -2.75. The zero-order chi connectivity index (χ0) is 29.1. The molecule has 12 heteroatoms. The maximum atomic E-state index is 13.7. The fourth-order valence-electron chi connectivity index (χ4n) is 4.25. The van der Waals surface area contributed by atoms with Crippen LogP contribution in [0, 0.1) is 0 Å². The van der Waals surface area contributed by atoms with Gasteiger partial charge in [-0.25, -0.2) is 9.59 Å². The molecule has 1 atom stereocenters. The molecule has 0 bridgehead atoms. The summed E-state index contributed by atoms with van der Waals surface area (Å²) in [5.41, 5.74) is 6.82. The number of aromatic nitrogens is 1. The van der Waals surface area contributed by atoms with Gasteiger partial charge in [-0.3, -0.25) is 9.36 Å². The van der Waals surface area contributed by atoms with Gasteiger partial charge in [0.2, 0.25) is 0 Å². The lowest BCUT2D eigenvalue weighted by Gasteiger charge is -2.27. The number of esters is 2. The smallest absolute Gasteiger partial charge is 0.338 e. The lowest BCUT2D eigenvalue weighted by atomic mass is 9.83. The summed E-state index contributed by atoms with van der Waals surface area (Å²) in [5.74, 6) is -2.79. The lowest BCUT2D eigenvalue weighted by molar-refractivity contribution is -0.139. The molecule has 2 N–H and O–H groups in total. The molecule has 1 aromatic heterocycles. The average Bonchev–Trinajstić information content (AvgIpc) is 3.21. The molecular formula is C28H24Cl4N2O5S. The van der Waals surface area contributed by atoms with Gasteiger partial charge in [-0.2, -0.15) is 0 Å². The van der Waals surface area contributed by atoms with E-state index in [4.69, 9.17) is 61.6 Å². The van der Waals surface area contributed by atoms with E-state index in [2.05, 4.69) is 0 Å². The van der Waals surface area contributed by atoms with Crippen molar-refractivity contribution in [3.63, 3.8) is 0 Å². The summed E-state index contributed by atoms with van der Waals surface area (Å²) < 4.78 is 12.5. The number of fused-ring (bicyclic) bond motifs is 1. The molecule has 0 spiro atoms. The van der Waals surface area contributed by atoms with Gasteiger partial charge in [-0.05, 0) is 54.8 Å². The number of carbonyl (C=O) groups excluding carboxylic acids is 2. The Kier molecular flexibility index (Phi) is 9.69. The van der Waals surface area contributed by atoms with E-state index in [1.165, 1.54) is 6.07 Å². The fraction of sp³-hybridized carbons (Fsp3) is 0.250. The molecule has 2 heterocycles. The van der Waals surface area contributed by atoms with E-state index in [0.29, 0.717) is 32.6 Å². The predicted octanol–water partition coefficient (Wildman–Crippen LogP) is 5.33. The Balaban J connectivity index is 2.10. The molecule has 210 valence electrons. The van der Waals surface area contributed by atoms with E-state index in [-0.39, 0.29) is 44.4 Å². The summed E-state index contributed by atoms with van der Waals surface area (Å²) in [6, 6.07) is 9.53. The number of benzene rings is 2. The summed E-state index contributed by atoms with van der Waals surface area (Å²) in [6.45, 7) is 3.78. The Bertz CT molecular complexity index is 1710. The van der Waals surface area contributed by atoms with Gasteiger partial charge in [-0.1, -0.05) is 71.9 Å². The molecule has 40 heavy (non-hydrogen) atoms. The molecule has 1 aliphatic heterocycles. The number of rotatable bonds is 8. The first-order valence-corrected chi connectivity index (χ1v) is 14.6. The Morgan fingerprint density at radius 1 is 0.975 bits per heavy atom. The standard InChI is InChI=1S/C28H24Cl4N2O5S/c1-3-5-10-39-27(36)22-21(17-9-8-16(30)13-19(17)32)23(28(37)38-4-2)26-34(24(22)33)25(35)20(40-26)11-14-6-7-15(29)12-18(14)31/h6-9,11-13,21H,3-5,10,33H2,1-2H3/b20-11-/t21-/m1/s1. The summed E-state index contributed by atoms with van der Waals surface area (Å²) in [6.07, 6.45) is 2.97. The molecule has 2 aromatic carbocycles. The number of nitrogens with zero attached hydrogens (tertiary/aromatic N) is 1. The van der Waals surface area contributed by atoms with Crippen molar-refractivity contribution >= 4 is 87.1 Å². The predicted molar refractivity (Wildman–Crippen MR) is 160 cm³/mol. The highest BCUT2D eigenvalue weighted by molar-refractivity contribution is 7.07. The second-order valence-electron chi connectivity index (χ2n) is 8.74. The van der Waals surface area contributed by atoms with Gasteiger partial charge in [0, 0.05) is 20.1 Å². The minimum Gasteiger partial charge on any atom is -0.463 e. The van der Waals surface area contributed by atoms with Gasteiger partial charge in [0.05, 0.1) is 34.8 Å². The zero-order valence-electron chi connectivity index (χ0n) is 21.4. The first-order chi connectivity index (χ1) is 19.1. The molecule has 0 unspecified atom stereocenters. The lowest BCUT2D eigenvalue weighted by Crippen LogP contribution is -2.42. The van der Waals surface area contributed by atoms with Crippen molar-refractivity contribution in [3.8, 4) is 0 Å². The zero-order valence-corrected chi connectivity index (χ0v) is 25.3. The minimum absolute atomic E-state index is 0.0201. The molecular weight excluding hydrogens is 618 g/mol. The van der Waals surface area contributed by atoms with Crippen LogP contribution in [0.2, 0.25) is 20.1 Å². The van der Waals surface area contributed by atoms with E-state index in [9.17, 15) is 14.4 Å². The largest absolute Gasteiger partial charge is 0.463 e. The topological polar surface area (TPSA) is 101 Å². The number of nitrogens with two attached hydrogens (primary N) is 1. The van der Waals surface area contributed by atoms with Gasteiger partial charge >= 0.3 is 11.9 Å². The van der Waals surface area contributed by atoms with Crippen LogP contribution in [0.25, 0.3) is 17.5 Å². The van der Waals surface area contributed by atoms with Gasteiger partial charge in [-0.15, -0.1) is 11.3 Å². The van der Waals surface area contributed by atoms with Crippen molar-refractivity contribution < 1.29 is 19.1 Å². The van der Waals surface area contributed by atoms with Crippen molar-refractivity contribution in [2.75, 3.05) is 13.2 Å².